The molecule has 2 unspecified atom stereocenters. The Bertz CT molecular complexity index is 169. The van der Waals surface area contributed by atoms with Gasteiger partial charge in [-0.05, 0) is 26.7 Å². The van der Waals surface area contributed by atoms with Crippen molar-refractivity contribution in [1.82, 2.24) is 4.90 Å². The average Bonchev–Trinajstić information content (AvgIpc) is 2.38. The van der Waals surface area contributed by atoms with E-state index in [9.17, 15) is 5.11 Å². The SMILES string of the molecule is CC1(C)OCC2CCC(O)N21. The Morgan fingerprint density at radius 2 is 2.18 bits per heavy atom. The van der Waals surface area contributed by atoms with Crippen molar-refractivity contribution in [3.8, 4) is 0 Å². The Morgan fingerprint density at radius 1 is 1.45 bits per heavy atom. The molecule has 0 spiro atoms. The van der Waals surface area contributed by atoms with Crippen molar-refractivity contribution in [3.63, 3.8) is 0 Å². The van der Waals surface area contributed by atoms with Crippen LogP contribution in [0.1, 0.15) is 26.7 Å². The molecule has 11 heavy (non-hydrogen) atoms. The van der Waals surface area contributed by atoms with Crippen LogP contribution in [-0.2, 0) is 4.74 Å². The summed E-state index contributed by atoms with van der Waals surface area (Å²) in [6, 6.07) is 0.458. The van der Waals surface area contributed by atoms with Gasteiger partial charge in [-0.25, -0.2) is 4.90 Å². The van der Waals surface area contributed by atoms with E-state index in [1.54, 1.807) is 0 Å². The zero-order chi connectivity index (χ0) is 8.06. The van der Waals surface area contributed by atoms with Gasteiger partial charge in [-0.2, -0.15) is 0 Å². The molecule has 2 saturated heterocycles. The minimum atomic E-state index is -0.280. The molecule has 1 N–H and O–H groups in total. The summed E-state index contributed by atoms with van der Waals surface area (Å²) >= 11 is 0. The van der Waals surface area contributed by atoms with Gasteiger partial charge in [-0.1, -0.05) is 0 Å². The van der Waals surface area contributed by atoms with Gasteiger partial charge in [0.05, 0.1) is 6.61 Å². The number of rotatable bonds is 0. The van der Waals surface area contributed by atoms with E-state index in [1.165, 1.54) is 0 Å². The minimum absolute atomic E-state index is 0.249. The fraction of sp³-hybridized carbons (Fsp3) is 1.00. The molecule has 0 aromatic heterocycles. The van der Waals surface area contributed by atoms with Gasteiger partial charge in [0.25, 0.3) is 0 Å². The number of aliphatic hydroxyl groups excluding tert-OH is 1. The normalized spacial score (nSPS) is 42.8. The zero-order valence-corrected chi connectivity index (χ0v) is 7.08. The summed E-state index contributed by atoms with van der Waals surface area (Å²) in [5.41, 5.74) is -0.249. The van der Waals surface area contributed by atoms with E-state index in [2.05, 4.69) is 4.90 Å². The summed E-state index contributed by atoms with van der Waals surface area (Å²) in [6.07, 6.45) is 1.69. The predicted molar refractivity (Wildman–Crippen MR) is 40.9 cm³/mol. The smallest absolute Gasteiger partial charge is 0.118 e. The molecule has 0 aromatic carbocycles. The highest BCUT2D eigenvalue weighted by Crippen LogP contribution is 2.36. The zero-order valence-electron chi connectivity index (χ0n) is 7.08. The van der Waals surface area contributed by atoms with Crippen LogP contribution in [0, 0.1) is 0 Å². The maximum absolute atomic E-state index is 9.58. The molecule has 3 nitrogen and oxygen atoms in total. The van der Waals surface area contributed by atoms with Gasteiger partial charge in [-0.3, -0.25) is 0 Å². The molecule has 64 valence electrons. The first-order valence-electron chi connectivity index (χ1n) is 4.22. The Hall–Kier alpha value is -0.120. The summed E-state index contributed by atoms with van der Waals surface area (Å²) in [5, 5.41) is 9.58. The molecular weight excluding hydrogens is 142 g/mol. The third-order valence-electron chi connectivity index (χ3n) is 2.72. The fourth-order valence-electron chi connectivity index (χ4n) is 2.20. The first kappa shape index (κ1) is 7.53. The van der Waals surface area contributed by atoms with E-state index < -0.39 is 0 Å². The topological polar surface area (TPSA) is 32.7 Å². The van der Waals surface area contributed by atoms with Gasteiger partial charge in [0, 0.05) is 6.04 Å². The summed E-state index contributed by atoms with van der Waals surface area (Å²) in [6.45, 7) is 4.81. The van der Waals surface area contributed by atoms with Crippen LogP contribution in [0.2, 0.25) is 0 Å². The van der Waals surface area contributed by atoms with Crippen LogP contribution in [-0.4, -0.2) is 34.6 Å². The number of hydrogen-bond donors (Lipinski definition) is 1. The lowest BCUT2D eigenvalue weighted by Gasteiger charge is -2.31. The number of nitrogens with zero attached hydrogens (tertiary/aromatic N) is 1. The van der Waals surface area contributed by atoms with Gasteiger partial charge in [0.1, 0.15) is 12.0 Å². The van der Waals surface area contributed by atoms with Crippen molar-refractivity contribution in [3.05, 3.63) is 0 Å². The quantitative estimate of drug-likeness (QED) is 0.557. The molecule has 2 fully saturated rings. The third-order valence-corrected chi connectivity index (χ3v) is 2.72. The highest BCUT2D eigenvalue weighted by atomic mass is 16.5. The van der Waals surface area contributed by atoms with Crippen LogP contribution >= 0.6 is 0 Å². The second kappa shape index (κ2) is 2.19. The van der Waals surface area contributed by atoms with Crippen molar-refractivity contribution in [2.45, 2.75) is 44.7 Å². The number of aliphatic hydroxyl groups is 1. The average molecular weight is 157 g/mol. The molecule has 2 aliphatic heterocycles. The summed E-state index contributed by atoms with van der Waals surface area (Å²) in [4.78, 5) is 2.08. The number of ether oxygens (including phenoxy) is 1. The summed E-state index contributed by atoms with van der Waals surface area (Å²) < 4.78 is 5.54. The summed E-state index contributed by atoms with van der Waals surface area (Å²) in [5.74, 6) is 0. The molecule has 2 heterocycles. The Morgan fingerprint density at radius 3 is 2.82 bits per heavy atom. The van der Waals surface area contributed by atoms with Crippen molar-refractivity contribution in [1.29, 1.82) is 0 Å². The predicted octanol–water partition coefficient (Wildman–Crippen LogP) is 0.536. The monoisotopic (exact) mass is 157 g/mol. The van der Waals surface area contributed by atoms with Crippen molar-refractivity contribution >= 4 is 0 Å². The van der Waals surface area contributed by atoms with Crippen LogP contribution in [0.4, 0.5) is 0 Å². The molecule has 0 aromatic rings. The van der Waals surface area contributed by atoms with E-state index in [4.69, 9.17) is 4.74 Å². The van der Waals surface area contributed by atoms with E-state index in [1.807, 2.05) is 13.8 Å². The lowest BCUT2D eigenvalue weighted by atomic mass is 10.2. The van der Waals surface area contributed by atoms with Crippen LogP contribution < -0.4 is 0 Å². The highest BCUT2D eigenvalue weighted by molar-refractivity contribution is 4.93. The van der Waals surface area contributed by atoms with Gasteiger partial charge in [-0.15, -0.1) is 0 Å². The minimum Gasteiger partial charge on any atom is -0.378 e. The fourth-order valence-corrected chi connectivity index (χ4v) is 2.20. The van der Waals surface area contributed by atoms with Crippen molar-refractivity contribution in [2.24, 2.45) is 0 Å². The van der Waals surface area contributed by atoms with Crippen molar-refractivity contribution < 1.29 is 9.84 Å². The molecule has 0 saturated carbocycles. The Labute approximate surface area is 66.9 Å². The van der Waals surface area contributed by atoms with Gasteiger partial charge in [0.2, 0.25) is 0 Å². The van der Waals surface area contributed by atoms with E-state index in [0.717, 1.165) is 19.4 Å². The van der Waals surface area contributed by atoms with E-state index in [0.29, 0.717) is 6.04 Å². The van der Waals surface area contributed by atoms with Crippen LogP contribution in [0.15, 0.2) is 0 Å². The van der Waals surface area contributed by atoms with Crippen LogP contribution in [0.3, 0.4) is 0 Å². The molecule has 0 aliphatic carbocycles. The lowest BCUT2D eigenvalue weighted by molar-refractivity contribution is -0.114. The molecule has 2 aliphatic rings. The summed E-state index contributed by atoms with van der Waals surface area (Å²) in [7, 11) is 0. The molecule has 0 amide bonds. The maximum Gasteiger partial charge on any atom is 0.118 e. The molecule has 0 bridgehead atoms. The van der Waals surface area contributed by atoms with Crippen molar-refractivity contribution in [2.75, 3.05) is 6.61 Å². The first-order valence-corrected chi connectivity index (χ1v) is 4.22. The second-order valence-electron chi connectivity index (χ2n) is 3.88. The standard InChI is InChI=1S/C8H15NO2/c1-8(2)9-6(5-11-8)3-4-7(9)10/h6-7,10H,3-5H2,1-2H3. The van der Waals surface area contributed by atoms with Crippen LogP contribution in [0.25, 0.3) is 0 Å². The molecule has 2 rings (SSSR count). The Balaban J connectivity index is 2.20. The van der Waals surface area contributed by atoms with E-state index >= 15 is 0 Å². The molecule has 3 heteroatoms. The molecule has 2 atom stereocenters. The number of fused-ring (bicyclic) bond motifs is 1. The van der Waals surface area contributed by atoms with Gasteiger partial charge in [0.15, 0.2) is 0 Å². The largest absolute Gasteiger partial charge is 0.378 e. The third kappa shape index (κ3) is 0.991. The van der Waals surface area contributed by atoms with Gasteiger partial charge < -0.3 is 9.84 Å². The molecular formula is C8H15NO2. The lowest BCUT2D eigenvalue weighted by Crippen LogP contribution is -2.45. The first-order chi connectivity index (χ1) is 5.11. The Kier molecular flexibility index (Phi) is 1.50. The van der Waals surface area contributed by atoms with Gasteiger partial charge >= 0.3 is 0 Å². The molecule has 0 radical (unpaired) electrons. The van der Waals surface area contributed by atoms with Crippen LogP contribution in [0.5, 0.6) is 0 Å². The highest BCUT2D eigenvalue weighted by Gasteiger charge is 2.47. The second-order valence-corrected chi connectivity index (χ2v) is 3.88. The van der Waals surface area contributed by atoms with E-state index in [-0.39, 0.29) is 12.0 Å². The maximum atomic E-state index is 9.58. The number of hydrogen-bond acceptors (Lipinski definition) is 3.